The van der Waals surface area contributed by atoms with Crippen LogP contribution in [-0.2, 0) is 14.2 Å². The molecule has 0 aliphatic carbocycles. The van der Waals surface area contributed by atoms with E-state index in [9.17, 15) is 4.79 Å². The van der Waals surface area contributed by atoms with Gasteiger partial charge in [-0.3, -0.25) is 4.98 Å². The smallest absolute Gasteiger partial charge is 0.410 e. The van der Waals surface area contributed by atoms with Crippen molar-refractivity contribution in [2.45, 2.75) is 64.6 Å². The van der Waals surface area contributed by atoms with Crippen LogP contribution in [0.15, 0.2) is 24.4 Å². The third-order valence-corrected chi connectivity index (χ3v) is 5.58. The predicted molar refractivity (Wildman–Crippen MR) is 115 cm³/mol. The molecule has 8 heteroatoms. The van der Waals surface area contributed by atoms with E-state index in [0.717, 1.165) is 23.0 Å². The van der Waals surface area contributed by atoms with Crippen molar-refractivity contribution < 1.29 is 23.7 Å². The standard InChI is InChI=1S/C23H31N3O5/c1-22(2,3)31-21(27)26-12-10-14(13-26)19-20(30-23(4,5)29-19)15-9-11-24-16-7-8-17(28-6)25-18(15)16/h7-9,11,14,19-20H,10,12-13H2,1-6H3/t14?,19-,20-/m1/s1. The number of ether oxygens (including phenoxy) is 4. The Labute approximate surface area is 182 Å². The highest BCUT2D eigenvalue weighted by Gasteiger charge is 2.48. The van der Waals surface area contributed by atoms with Crippen LogP contribution >= 0.6 is 0 Å². The van der Waals surface area contributed by atoms with Crippen LogP contribution in [0, 0.1) is 5.92 Å². The summed E-state index contributed by atoms with van der Waals surface area (Å²) in [6, 6.07) is 5.61. The summed E-state index contributed by atoms with van der Waals surface area (Å²) in [6.45, 7) is 10.7. The first kappa shape index (κ1) is 21.8. The zero-order valence-electron chi connectivity index (χ0n) is 19.0. The van der Waals surface area contributed by atoms with E-state index in [4.69, 9.17) is 18.9 Å². The van der Waals surface area contributed by atoms with Crippen molar-refractivity contribution in [3.8, 4) is 5.88 Å². The van der Waals surface area contributed by atoms with Crippen molar-refractivity contribution in [2.24, 2.45) is 5.92 Å². The highest BCUT2D eigenvalue weighted by atomic mass is 16.8. The second-order valence-corrected chi connectivity index (χ2v) is 9.62. The summed E-state index contributed by atoms with van der Waals surface area (Å²) in [6.07, 6.45) is 1.74. The number of carbonyl (C=O) groups excluding carboxylic acids is 1. The van der Waals surface area contributed by atoms with Crippen LogP contribution in [0.3, 0.4) is 0 Å². The number of aromatic nitrogens is 2. The maximum absolute atomic E-state index is 12.5. The van der Waals surface area contributed by atoms with Crippen molar-refractivity contribution >= 4 is 17.1 Å². The van der Waals surface area contributed by atoms with Crippen LogP contribution in [0.1, 0.15) is 52.7 Å². The summed E-state index contributed by atoms with van der Waals surface area (Å²) in [5, 5.41) is 0. The molecule has 2 fully saturated rings. The molecule has 31 heavy (non-hydrogen) atoms. The summed E-state index contributed by atoms with van der Waals surface area (Å²) in [5.74, 6) is -0.107. The number of methoxy groups -OCH3 is 1. The minimum atomic E-state index is -0.747. The van der Waals surface area contributed by atoms with Crippen LogP contribution in [-0.4, -0.2) is 58.7 Å². The van der Waals surface area contributed by atoms with Crippen molar-refractivity contribution in [1.82, 2.24) is 14.9 Å². The quantitative estimate of drug-likeness (QED) is 0.727. The number of nitrogens with zero attached hydrogens (tertiary/aromatic N) is 3. The van der Waals surface area contributed by atoms with Crippen molar-refractivity contribution in [2.75, 3.05) is 20.2 Å². The van der Waals surface area contributed by atoms with Gasteiger partial charge in [0, 0.05) is 36.8 Å². The van der Waals surface area contributed by atoms with Crippen LogP contribution in [0.5, 0.6) is 5.88 Å². The summed E-state index contributed by atoms with van der Waals surface area (Å²) in [7, 11) is 1.59. The average Bonchev–Trinajstić information content (AvgIpc) is 3.30. The van der Waals surface area contributed by atoms with E-state index >= 15 is 0 Å². The molecule has 0 spiro atoms. The Hall–Kier alpha value is -2.45. The molecule has 0 aromatic carbocycles. The van der Waals surface area contributed by atoms with Crippen LogP contribution in [0.4, 0.5) is 4.79 Å². The van der Waals surface area contributed by atoms with E-state index in [-0.39, 0.29) is 24.2 Å². The molecule has 2 saturated heterocycles. The summed E-state index contributed by atoms with van der Waals surface area (Å²) in [4.78, 5) is 23.4. The van der Waals surface area contributed by atoms with Crippen LogP contribution in [0.25, 0.3) is 11.0 Å². The SMILES string of the molecule is COc1ccc2nccc([C@H]3OC(C)(C)O[C@@H]3C3CCN(C(=O)OC(C)(C)C)C3)c2n1. The predicted octanol–water partition coefficient (Wildman–Crippen LogP) is 4.09. The fourth-order valence-corrected chi connectivity index (χ4v) is 4.29. The third kappa shape index (κ3) is 4.60. The minimum Gasteiger partial charge on any atom is -0.481 e. The zero-order chi connectivity index (χ0) is 22.4. The second-order valence-electron chi connectivity index (χ2n) is 9.62. The minimum absolute atomic E-state index is 0.119. The molecule has 2 aromatic heterocycles. The molecule has 1 amide bonds. The fraction of sp³-hybridized carbons (Fsp3) is 0.609. The van der Waals surface area contributed by atoms with Crippen LogP contribution < -0.4 is 4.74 Å². The highest BCUT2D eigenvalue weighted by Crippen LogP contribution is 2.45. The molecule has 8 nitrogen and oxygen atoms in total. The molecule has 168 valence electrons. The van der Waals surface area contributed by atoms with Crippen molar-refractivity contribution in [3.05, 3.63) is 30.0 Å². The molecule has 0 radical (unpaired) electrons. The highest BCUT2D eigenvalue weighted by molar-refractivity contribution is 5.78. The number of hydrogen-bond acceptors (Lipinski definition) is 7. The molecule has 2 aliphatic rings. The lowest BCUT2D eigenvalue weighted by molar-refractivity contribution is -0.150. The van der Waals surface area contributed by atoms with Gasteiger partial charge in [-0.25, -0.2) is 9.78 Å². The normalized spacial score (nSPS) is 25.7. The first-order valence-corrected chi connectivity index (χ1v) is 10.7. The van der Waals surface area contributed by atoms with E-state index < -0.39 is 11.4 Å². The Balaban J connectivity index is 1.62. The topological polar surface area (TPSA) is 83.0 Å². The molecule has 0 saturated carbocycles. The molecular formula is C23H31N3O5. The van der Waals surface area contributed by atoms with Gasteiger partial charge in [-0.15, -0.1) is 0 Å². The lowest BCUT2D eigenvalue weighted by atomic mass is 9.92. The van der Waals surface area contributed by atoms with E-state index in [1.165, 1.54) is 0 Å². The van der Waals surface area contributed by atoms with Crippen molar-refractivity contribution in [3.63, 3.8) is 0 Å². The molecular weight excluding hydrogens is 398 g/mol. The Bertz CT molecular complexity index is 971. The number of likely N-dealkylation sites (tertiary alicyclic amines) is 1. The lowest BCUT2D eigenvalue weighted by Crippen LogP contribution is -2.37. The number of carbonyl (C=O) groups is 1. The maximum Gasteiger partial charge on any atom is 0.410 e. The van der Waals surface area contributed by atoms with Gasteiger partial charge in [-0.1, -0.05) is 0 Å². The molecule has 4 heterocycles. The lowest BCUT2D eigenvalue weighted by Gasteiger charge is -2.26. The number of rotatable bonds is 3. The summed E-state index contributed by atoms with van der Waals surface area (Å²) >= 11 is 0. The second kappa shape index (κ2) is 7.91. The zero-order valence-corrected chi connectivity index (χ0v) is 19.0. The van der Waals surface area contributed by atoms with Crippen molar-refractivity contribution in [1.29, 1.82) is 0 Å². The maximum atomic E-state index is 12.5. The van der Waals surface area contributed by atoms with E-state index in [0.29, 0.717) is 19.0 Å². The Morgan fingerprint density at radius 3 is 2.71 bits per heavy atom. The molecule has 2 aliphatic heterocycles. The number of pyridine rings is 2. The molecule has 0 bridgehead atoms. The monoisotopic (exact) mass is 429 g/mol. The van der Waals surface area contributed by atoms with Gasteiger partial charge in [-0.2, -0.15) is 0 Å². The Morgan fingerprint density at radius 1 is 1.23 bits per heavy atom. The molecule has 1 unspecified atom stereocenters. The van der Waals surface area contributed by atoms with Gasteiger partial charge in [0.2, 0.25) is 5.88 Å². The van der Waals surface area contributed by atoms with E-state index in [2.05, 4.69) is 9.97 Å². The van der Waals surface area contributed by atoms with Gasteiger partial charge in [0.15, 0.2) is 5.79 Å². The van der Waals surface area contributed by atoms with Gasteiger partial charge < -0.3 is 23.8 Å². The third-order valence-electron chi connectivity index (χ3n) is 5.58. The molecule has 3 atom stereocenters. The van der Waals surface area contributed by atoms with E-state index in [1.807, 2.05) is 46.8 Å². The van der Waals surface area contributed by atoms with E-state index in [1.54, 1.807) is 24.3 Å². The number of amides is 1. The first-order valence-electron chi connectivity index (χ1n) is 10.7. The van der Waals surface area contributed by atoms with Gasteiger partial charge >= 0.3 is 6.09 Å². The van der Waals surface area contributed by atoms with Gasteiger partial charge in [0.05, 0.1) is 24.2 Å². The largest absolute Gasteiger partial charge is 0.481 e. The Kier molecular flexibility index (Phi) is 5.55. The number of hydrogen-bond donors (Lipinski definition) is 0. The fourth-order valence-electron chi connectivity index (χ4n) is 4.29. The van der Waals surface area contributed by atoms with Gasteiger partial charge in [-0.05, 0) is 53.2 Å². The molecule has 2 aromatic rings. The molecule has 4 rings (SSSR count). The Morgan fingerprint density at radius 2 is 2.00 bits per heavy atom. The summed E-state index contributed by atoms with van der Waals surface area (Å²) < 4.78 is 23.6. The average molecular weight is 430 g/mol. The number of fused-ring (bicyclic) bond motifs is 1. The molecule has 0 N–H and O–H groups in total. The summed E-state index contributed by atoms with van der Waals surface area (Å²) in [5.41, 5.74) is 1.90. The first-order chi connectivity index (χ1) is 14.6. The van der Waals surface area contributed by atoms with Gasteiger partial charge in [0.25, 0.3) is 0 Å². The van der Waals surface area contributed by atoms with Gasteiger partial charge in [0.1, 0.15) is 11.7 Å². The van der Waals surface area contributed by atoms with Crippen LogP contribution in [0.2, 0.25) is 0 Å².